The number of amides is 1. The minimum atomic E-state index is 0. The Bertz CT molecular complexity index is 243. The lowest BCUT2D eigenvalue weighted by molar-refractivity contribution is -0.121. The molecule has 0 fully saturated rings. The Morgan fingerprint density at radius 1 is 1.56 bits per heavy atom. The molecule has 3 N–H and O–H groups in total. The fourth-order valence-electron chi connectivity index (χ4n) is 1.34. The van der Waals surface area contributed by atoms with Crippen LogP contribution in [0.5, 0.6) is 0 Å². The smallest absolute Gasteiger partial charge is 0.221 e. The molecule has 1 amide bonds. The van der Waals surface area contributed by atoms with E-state index in [1.54, 1.807) is 0 Å². The predicted octanol–water partition coefficient (Wildman–Crippen LogP) is 0.458. The molecule has 1 rings (SSSR count). The van der Waals surface area contributed by atoms with Crippen LogP contribution in [0.4, 0.5) is 0 Å². The summed E-state index contributed by atoms with van der Waals surface area (Å²) in [6.45, 7) is 6.37. The van der Waals surface area contributed by atoms with Crippen molar-refractivity contribution in [2.45, 2.75) is 32.7 Å². The highest BCUT2D eigenvalue weighted by atomic mass is 127. The number of hydrogen-bond acceptors (Lipinski definition) is 4. The molecule has 0 aromatic rings. The maximum atomic E-state index is 11.3. The van der Waals surface area contributed by atoms with E-state index in [4.69, 9.17) is 0 Å². The summed E-state index contributed by atoms with van der Waals surface area (Å²) < 4.78 is 0. The summed E-state index contributed by atoms with van der Waals surface area (Å²) >= 11 is 0. The van der Waals surface area contributed by atoms with Crippen LogP contribution in [-0.2, 0) is 4.79 Å². The molecule has 0 bridgehead atoms. The van der Waals surface area contributed by atoms with Gasteiger partial charge in [0.2, 0.25) is 5.91 Å². The molecule has 0 atom stereocenters. The number of aliphatic imine (C=N–C) groups is 1. The normalized spacial score (nSPS) is 14.6. The summed E-state index contributed by atoms with van der Waals surface area (Å²) in [5, 5.41) is 9.09. The lowest BCUT2D eigenvalue weighted by Gasteiger charge is -2.16. The molecule has 1 heterocycles. The Morgan fingerprint density at radius 2 is 2.31 bits per heavy atom. The van der Waals surface area contributed by atoms with Gasteiger partial charge in [0.05, 0.1) is 0 Å². The summed E-state index contributed by atoms with van der Waals surface area (Å²) in [6.07, 6.45) is 1.57. The SMILES string of the molecule is CC(C)NC(=O)CCNC1=NCCCN1.I. The van der Waals surface area contributed by atoms with Crippen molar-refractivity contribution in [3.05, 3.63) is 0 Å². The van der Waals surface area contributed by atoms with E-state index < -0.39 is 0 Å². The molecule has 0 saturated carbocycles. The highest BCUT2D eigenvalue weighted by molar-refractivity contribution is 14.0. The monoisotopic (exact) mass is 340 g/mol. The molecule has 16 heavy (non-hydrogen) atoms. The first-order valence-electron chi connectivity index (χ1n) is 5.50. The molecular formula is C10H21IN4O. The first-order valence-corrected chi connectivity index (χ1v) is 5.50. The molecule has 0 radical (unpaired) electrons. The average molecular weight is 340 g/mol. The van der Waals surface area contributed by atoms with Crippen LogP contribution in [0, 0.1) is 0 Å². The number of guanidine groups is 1. The second-order valence-electron chi connectivity index (χ2n) is 3.91. The van der Waals surface area contributed by atoms with Gasteiger partial charge < -0.3 is 16.0 Å². The summed E-state index contributed by atoms with van der Waals surface area (Å²) in [7, 11) is 0. The zero-order valence-electron chi connectivity index (χ0n) is 9.88. The van der Waals surface area contributed by atoms with Gasteiger partial charge in [-0.25, -0.2) is 0 Å². The second kappa shape index (κ2) is 8.60. The van der Waals surface area contributed by atoms with Crippen molar-refractivity contribution < 1.29 is 4.79 Å². The van der Waals surface area contributed by atoms with E-state index in [0.29, 0.717) is 13.0 Å². The number of carbonyl (C=O) groups is 1. The Hall–Kier alpha value is -0.530. The first kappa shape index (κ1) is 15.5. The number of nitrogens with zero attached hydrogens (tertiary/aromatic N) is 1. The van der Waals surface area contributed by atoms with E-state index in [1.807, 2.05) is 13.8 Å². The Kier molecular flexibility index (Phi) is 8.32. The van der Waals surface area contributed by atoms with Gasteiger partial charge in [-0.2, -0.15) is 0 Å². The largest absolute Gasteiger partial charge is 0.356 e. The van der Waals surface area contributed by atoms with Crippen molar-refractivity contribution in [2.75, 3.05) is 19.6 Å². The Balaban J connectivity index is 0.00000225. The van der Waals surface area contributed by atoms with Crippen molar-refractivity contribution >= 4 is 35.8 Å². The van der Waals surface area contributed by atoms with Gasteiger partial charge in [0, 0.05) is 32.1 Å². The molecule has 0 spiro atoms. The highest BCUT2D eigenvalue weighted by Gasteiger charge is 2.05. The van der Waals surface area contributed by atoms with Gasteiger partial charge in [-0.1, -0.05) is 0 Å². The van der Waals surface area contributed by atoms with Crippen molar-refractivity contribution in [3.63, 3.8) is 0 Å². The van der Waals surface area contributed by atoms with Gasteiger partial charge in [0.1, 0.15) is 0 Å². The van der Waals surface area contributed by atoms with E-state index in [0.717, 1.165) is 25.5 Å². The van der Waals surface area contributed by atoms with Crippen molar-refractivity contribution in [1.29, 1.82) is 0 Å². The Labute approximate surface area is 114 Å². The van der Waals surface area contributed by atoms with Gasteiger partial charge in [-0.05, 0) is 20.3 Å². The summed E-state index contributed by atoms with van der Waals surface area (Å²) in [6, 6.07) is 0.211. The molecule has 1 aliphatic rings. The van der Waals surface area contributed by atoms with Crippen molar-refractivity contribution in [3.8, 4) is 0 Å². The molecule has 5 nitrogen and oxygen atoms in total. The van der Waals surface area contributed by atoms with Crippen molar-refractivity contribution in [1.82, 2.24) is 16.0 Å². The fraction of sp³-hybridized carbons (Fsp3) is 0.800. The third kappa shape index (κ3) is 6.86. The van der Waals surface area contributed by atoms with E-state index >= 15 is 0 Å². The van der Waals surface area contributed by atoms with Crippen LogP contribution >= 0.6 is 24.0 Å². The molecular weight excluding hydrogens is 319 g/mol. The summed E-state index contributed by atoms with van der Waals surface area (Å²) in [4.78, 5) is 15.5. The summed E-state index contributed by atoms with van der Waals surface area (Å²) in [5.41, 5.74) is 0. The van der Waals surface area contributed by atoms with Crippen LogP contribution in [-0.4, -0.2) is 37.5 Å². The molecule has 0 saturated heterocycles. The molecule has 94 valence electrons. The molecule has 0 aromatic heterocycles. The van der Waals surface area contributed by atoms with Crippen LogP contribution < -0.4 is 16.0 Å². The number of hydrogen-bond donors (Lipinski definition) is 3. The minimum Gasteiger partial charge on any atom is -0.356 e. The van der Waals surface area contributed by atoms with Gasteiger partial charge in [0.25, 0.3) is 0 Å². The molecule has 0 unspecified atom stereocenters. The number of carbonyl (C=O) groups excluding carboxylic acids is 1. The third-order valence-electron chi connectivity index (χ3n) is 1.99. The zero-order chi connectivity index (χ0) is 11.1. The Morgan fingerprint density at radius 3 is 2.88 bits per heavy atom. The molecule has 1 aliphatic heterocycles. The quantitative estimate of drug-likeness (QED) is 0.652. The maximum absolute atomic E-state index is 11.3. The van der Waals surface area contributed by atoms with E-state index in [9.17, 15) is 4.79 Å². The van der Waals surface area contributed by atoms with Gasteiger partial charge in [-0.15, -0.1) is 24.0 Å². The highest BCUT2D eigenvalue weighted by Crippen LogP contribution is 1.88. The van der Waals surface area contributed by atoms with E-state index in [1.165, 1.54) is 0 Å². The number of halogens is 1. The van der Waals surface area contributed by atoms with Gasteiger partial charge >= 0.3 is 0 Å². The predicted molar refractivity (Wildman–Crippen MR) is 76.2 cm³/mol. The average Bonchev–Trinajstić information content (AvgIpc) is 2.18. The van der Waals surface area contributed by atoms with Crippen LogP contribution in [0.15, 0.2) is 4.99 Å². The molecule has 6 heteroatoms. The first-order chi connectivity index (χ1) is 7.18. The van der Waals surface area contributed by atoms with Crippen molar-refractivity contribution in [2.24, 2.45) is 4.99 Å². The van der Waals surface area contributed by atoms with Crippen LogP contribution in [0.2, 0.25) is 0 Å². The number of rotatable bonds is 4. The number of nitrogens with one attached hydrogen (secondary N) is 3. The van der Waals surface area contributed by atoms with E-state index in [2.05, 4.69) is 20.9 Å². The standard InChI is InChI=1S/C10H20N4O.HI/c1-8(2)14-9(15)4-7-13-10-11-5-3-6-12-10;/h8H,3-7H2,1-2H3,(H,14,15)(H2,11,12,13);1H. The van der Waals surface area contributed by atoms with Crippen LogP contribution in [0.3, 0.4) is 0 Å². The minimum absolute atomic E-state index is 0. The molecule has 0 aliphatic carbocycles. The maximum Gasteiger partial charge on any atom is 0.221 e. The zero-order valence-corrected chi connectivity index (χ0v) is 12.2. The van der Waals surface area contributed by atoms with E-state index in [-0.39, 0.29) is 35.9 Å². The van der Waals surface area contributed by atoms with Crippen LogP contribution in [0.1, 0.15) is 26.7 Å². The molecule has 0 aromatic carbocycles. The lowest BCUT2D eigenvalue weighted by Crippen LogP contribution is -2.42. The fourth-order valence-corrected chi connectivity index (χ4v) is 1.34. The lowest BCUT2D eigenvalue weighted by atomic mass is 10.3. The van der Waals surface area contributed by atoms with Crippen LogP contribution in [0.25, 0.3) is 0 Å². The second-order valence-corrected chi connectivity index (χ2v) is 3.91. The topological polar surface area (TPSA) is 65.5 Å². The van der Waals surface area contributed by atoms with Gasteiger partial charge in [-0.3, -0.25) is 9.79 Å². The summed E-state index contributed by atoms with van der Waals surface area (Å²) in [5.74, 6) is 0.896. The van der Waals surface area contributed by atoms with Gasteiger partial charge in [0.15, 0.2) is 5.96 Å². The third-order valence-corrected chi connectivity index (χ3v) is 1.99.